The molecule has 0 radical (unpaired) electrons. The minimum Gasteiger partial charge on any atom is -0.481 e. The molecule has 0 saturated heterocycles. The van der Waals surface area contributed by atoms with Crippen LogP contribution < -0.4 is 15.0 Å². The molecule has 2 amide bonds. The number of anilines is 2. The van der Waals surface area contributed by atoms with Crippen LogP contribution in [0.3, 0.4) is 0 Å². The van der Waals surface area contributed by atoms with Gasteiger partial charge in [0.05, 0.1) is 17.5 Å². The van der Waals surface area contributed by atoms with Gasteiger partial charge in [0, 0.05) is 18.8 Å². The Morgan fingerprint density at radius 3 is 2.65 bits per heavy atom. The Hall–Kier alpha value is -2.57. The second-order valence-electron chi connectivity index (χ2n) is 6.53. The van der Waals surface area contributed by atoms with E-state index in [0.717, 1.165) is 0 Å². The second kappa shape index (κ2) is 4.97. The largest absolute Gasteiger partial charge is 0.481 e. The van der Waals surface area contributed by atoms with E-state index in [0.29, 0.717) is 17.1 Å². The average molecular weight is 318 g/mol. The molecule has 1 aliphatic heterocycles. The maximum Gasteiger partial charge on any atom is 0.307 e. The van der Waals surface area contributed by atoms with Gasteiger partial charge in [-0.15, -0.1) is 0 Å². The Morgan fingerprint density at radius 2 is 2.04 bits per heavy atom. The third-order valence-electron chi connectivity index (χ3n) is 4.69. The molecule has 2 aliphatic rings. The number of carbonyl (C=O) groups excluding carboxylic acids is 2. The number of carboxylic acid groups (broad SMARTS) is 1. The van der Waals surface area contributed by atoms with E-state index in [-0.39, 0.29) is 18.4 Å². The number of carboxylic acids is 1. The van der Waals surface area contributed by atoms with Crippen LogP contribution in [0.2, 0.25) is 0 Å². The van der Waals surface area contributed by atoms with Crippen LogP contribution in [0, 0.1) is 17.3 Å². The van der Waals surface area contributed by atoms with Gasteiger partial charge in [-0.3, -0.25) is 14.4 Å². The summed E-state index contributed by atoms with van der Waals surface area (Å²) in [7, 11) is 1.66. The molecule has 0 bridgehead atoms. The molecule has 23 heavy (non-hydrogen) atoms. The summed E-state index contributed by atoms with van der Waals surface area (Å²) < 4.78 is 5.37. The van der Waals surface area contributed by atoms with Gasteiger partial charge in [-0.05, 0) is 17.5 Å². The van der Waals surface area contributed by atoms with Gasteiger partial charge in [0.15, 0.2) is 6.61 Å². The van der Waals surface area contributed by atoms with Crippen LogP contribution >= 0.6 is 0 Å². The summed E-state index contributed by atoms with van der Waals surface area (Å²) in [5, 5.41) is 11.9. The molecule has 2 atom stereocenters. The normalized spacial score (nSPS) is 24.5. The van der Waals surface area contributed by atoms with Crippen molar-refractivity contribution in [1.82, 2.24) is 0 Å². The third-order valence-corrected chi connectivity index (χ3v) is 4.69. The summed E-state index contributed by atoms with van der Waals surface area (Å²) in [6, 6.07) is 5.00. The molecule has 122 valence electrons. The number of hydrogen-bond donors (Lipinski definition) is 2. The molecule has 1 aliphatic carbocycles. The van der Waals surface area contributed by atoms with Crippen molar-refractivity contribution in [1.29, 1.82) is 0 Å². The first kappa shape index (κ1) is 15.3. The van der Waals surface area contributed by atoms with Crippen LogP contribution in [0.5, 0.6) is 5.75 Å². The predicted molar refractivity (Wildman–Crippen MR) is 82.4 cm³/mol. The number of nitrogens with zero attached hydrogens (tertiary/aromatic N) is 1. The summed E-state index contributed by atoms with van der Waals surface area (Å²) >= 11 is 0. The Labute approximate surface area is 133 Å². The van der Waals surface area contributed by atoms with Gasteiger partial charge in [-0.25, -0.2) is 0 Å². The molecule has 1 heterocycles. The quantitative estimate of drug-likeness (QED) is 0.876. The number of nitrogens with one attached hydrogen (secondary N) is 1. The van der Waals surface area contributed by atoms with Gasteiger partial charge in [-0.1, -0.05) is 13.8 Å². The average Bonchev–Trinajstić information content (AvgIpc) is 3.06. The number of benzene rings is 1. The fourth-order valence-electron chi connectivity index (χ4n) is 3.16. The predicted octanol–water partition coefficient (Wildman–Crippen LogP) is 1.34. The van der Waals surface area contributed by atoms with E-state index in [1.54, 1.807) is 39.1 Å². The van der Waals surface area contributed by atoms with Crippen LogP contribution in [0.4, 0.5) is 11.4 Å². The first-order chi connectivity index (χ1) is 10.7. The van der Waals surface area contributed by atoms with E-state index in [9.17, 15) is 14.4 Å². The summed E-state index contributed by atoms with van der Waals surface area (Å²) in [5.74, 6) is -2.12. The smallest absolute Gasteiger partial charge is 0.307 e. The number of amides is 2. The maximum absolute atomic E-state index is 12.3. The molecule has 1 fully saturated rings. The van der Waals surface area contributed by atoms with Crippen LogP contribution in [0.15, 0.2) is 18.2 Å². The van der Waals surface area contributed by atoms with Crippen molar-refractivity contribution in [3.8, 4) is 5.75 Å². The van der Waals surface area contributed by atoms with E-state index >= 15 is 0 Å². The Bertz CT molecular complexity index is 712. The van der Waals surface area contributed by atoms with Crippen LogP contribution in [0.25, 0.3) is 0 Å². The van der Waals surface area contributed by atoms with Gasteiger partial charge in [0.25, 0.3) is 5.91 Å². The molecule has 1 aromatic carbocycles. The number of rotatable bonds is 3. The van der Waals surface area contributed by atoms with Gasteiger partial charge < -0.3 is 20.1 Å². The lowest BCUT2D eigenvalue weighted by Crippen LogP contribution is -2.35. The zero-order valence-corrected chi connectivity index (χ0v) is 13.1. The van der Waals surface area contributed by atoms with Crippen molar-refractivity contribution in [3.63, 3.8) is 0 Å². The van der Waals surface area contributed by atoms with Crippen LogP contribution in [0.1, 0.15) is 13.8 Å². The molecular formula is C16H18N2O5. The van der Waals surface area contributed by atoms with Crippen LogP contribution in [-0.2, 0) is 14.4 Å². The van der Waals surface area contributed by atoms with E-state index in [1.165, 1.54) is 4.90 Å². The summed E-state index contributed by atoms with van der Waals surface area (Å²) in [5.41, 5.74) is 0.602. The highest BCUT2D eigenvalue weighted by Gasteiger charge is 2.65. The molecule has 0 spiro atoms. The minimum atomic E-state index is -0.955. The maximum atomic E-state index is 12.3. The van der Waals surface area contributed by atoms with E-state index in [1.807, 2.05) is 0 Å². The van der Waals surface area contributed by atoms with Crippen molar-refractivity contribution in [2.24, 2.45) is 17.3 Å². The van der Waals surface area contributed by atoms with Crippen molar-refractivity contribution in [2.75, 3.05) is 23.9 Å². The number of likely N-dealkylation sites (N-methyl/N-ethyl adjacent to an activating group) is 1. The zero-order chi connectivity index (χ0) is 16.9. The van der Waals surface area contributed by atoms with Gasteiger partial charge >= 0.3 is 5.97 Å². The lowest BCUT2D eigenvalue weighted by molar-refractivity contribution is -0.140. The highest BCUT2D eigenvalue weighted by Crippen LogP contribution is 2.58. The minimum absolute atomic E-state index is 0.0440. The highest BCUT2D eigenvalue weighted by atomic mass is 16.5. The monoisotopic (exact) mass is 318 g/mol. The van der Waals surface area contributed by atoms with Crippen molar-refractivity contribution in [3.05, 3.63) is 18.2 Å². The topological polar surface area (TPSA) is 95.9 Å². The Morgan fingerprint density at radius 1 is 1.35 bits per heavy atom. The number of aliphatic carboxylic acids is 1. The van der Waals surface area contributed by atoms with Gasteiger partial charge in [-0.2, -0.15) is 0 Å². The lowest BCUT2D eigenvalue weighted by atomic mass is 10.1. The number of ether oxygens (including phenoxy) is 1. The molecule has 2 N–H and O–H groups in total. The van der Waals surface area contributed by atoms with Gasteiger partial charge in [0.1, 0.15) is 5.75 Å². The van der Waals surface area contributed by atoms with Crippen LogP contribution in [-0.4, -0.2) is 36.5 Å². The van der Waals surface area contributed by atoms with E-state index in [2.05, 4.69) is 5.32 Å². The lowest BCUT2D eigenvalue weighted by Gasteiger charge is -2.26. The number of carbonyl (C=O) groups is 3. The molecule has 0 aromatic heterocycles. The van der Waals surface area contributed by atoms with Crippen molar-refractivity contribution in [2.45, 2.75) is 13.8 Å². The highest BCUT2D eigenvalue weighted by molar-refractivity contribution is 6.01. The fraction of sp³-hybridized carbons (Fsp3) is 0.438. The Kier molecular flexibility index (Phi) is 3.31. The standard InChI is InChI=1S/C16H18N2O5/c1-16(2)12(13(16)15(21)22)14(20)17-8-4-5-9-10(6-8)23-7-11(19)18(9)3/h4-6,12-13H,7H2,1-3H3,(H,17,20)(H,21,22). The van der Waals surface area contributed by atoms with Gasteiger partial charge in [0.2, 0.25) is 5.91 Å². The fourth-order valence-corrected chi connectivity index (χ4v) is 3.16. The first-order valence-electron chi connectivity index (χ1n) is 7.30. The SMILES string of the molecule is CN1C(=O)COc2cc(NC(=O)C3C(C(=O)O)C3(C)C)ccc21. The molecule has 3 rings (SSSR count). The van der Waals surface area contributed by atoms with Crippen molar-refractivity contribution >= 4 is 29.2 Å². The number of hydrogen-bond acceptors (Lipinski definition) is 4. The molecule has 1 aromatic rings. The summed E-state index contributed by atoms with van der Waals surface area (Å²) in [6.45, 7) is 3.50. The van der Waals surface area contributed by atoms with Crippen molar-refractivity contribution < 1.29 is 24.2 Å². The summed E-state index contributed by atoms with van der Waals surface area (Å²) in [4.78, 5) is 36.5. The first-order valence-corrected chi connectivity index (χ1v) is 7.30. The number of fused-ring (bicyclic) bond motifs is 1. The molecule has 7 nitrogen and oxygen atoms in total. The van der Waals surface area contributed by atoms with E-state index < -0.39 is 23.2 Å². The second-order valence-corrected chi connectivity index (χ2v) is 6.53. The van der Waals surface area contributed by atoms with E-state index in [4.69, 9.17) is 9.84 Å². The molecule has 2 unspecified atom stereocenters. The third kappa shape index (κ3) is 2.42. The molecular weight excluding hydrogens is 300 g/mol. The molecule has 7 heteroatoms. The summed E-state index contributed by atoms with van der Waals surface area (Å²) in [6.07, 6.45) is 0. The molecule has 1 saturated carbocycles. The Balaban J connectivity index is 1.76. The zero-order valence-electron chi connectivity index (χ0n) is 13.1.